The summed E-state index contributed by atoms with van der Waals surface area (Å²) in [5.41, 5.74) is 2.26. The molecule has 3 nitrogen and oxygen atoms in total. The summed E-state index contributed by atoms with van der Waals surface area (Å²) in [7, 11) is 0. The van der Waals surface area contributed by atoms with Crippen molar-refractivity contribution in [3.8, 4) is 0 Å². The van der Waals surface area contributed by atoms with Gasteiger partial charge in [-0.05, 0) is 24.0 Å². The van der Waals surface area contributed by atoms with Crippen molar-refractivity contribution in [3.05, 3.63) is 71.8 Å². The third-order valence-corrected chi connectivity index (χ3v) is 7.95. The first-order chi connectivity index (χ1) is 13.1. The minimum Gasteiger partial charge on any atom is -0.391 e. The lowest BCUT2D eigenvalue weighted by Gasteiger charge is -2.73. The van der Waals surface area contributed by atoms with E-state index in [-0.39, 0.29) is 22.6 Å². The smallest absolute Gasteiger partial charge is 0.0782 e. The molecule has 142 valence electrons. The highest BCUT2D eigenvalue weighted by atomic mass is 16.3. The molecule has 4 fully saturated rings. The minimum absolute atomic E-state index is 0.136. The molecule has 0 unspecified atom stereocenters. The predicted molar refractivity (Wildman–Crippen MR) is 109 cm³/mol. The highest BCUT2D eigenvalue weighted by molar-refractivity contribution is 5.43. The van der Waals surface area contributed by atoms with Crippen molar-refractivity contribution in [1.29, 1.82) is 0 Å². The zero-order valence-electron chi connectivity index (χ0n) is 16.4. The third-order valence-electron chi connectivity index (χ3n) is 7.95. The van der Waals surface area contributed by atoms with Gasteiger partial charge in [-0.2, -0.15) is 0 Å². The molecule has 0 aliphatic carbocycles. The van der Waals surface area contributed by atoms with Gasteiger partial charge in [0.25, 0.3) is 0 Å². The molecule has 4 aliphatic rings. The second-order valence-electron chi connectivity index (χ2n) is 8.85. The van der Waals surface area contributed by atoms with Crippen LogP contribution in [0.1, 0.15) is 37.8 Å². The van der Waals surface area contributed by atoms with Crippen molar-refractivity contribution >= 4 is 0 Å². The first-order valence-electron chi connectivity index (χ1n) is 10.4. The van der Waals surface area contributed by atoms with Gasteiger partial charge in [0.1, 0.15) is 0 Å². The van der Waals surface area contributed by atoms with Crippen LogP contribution in [0.15, 0.2) is 60.7 Å². The molecule has 0 saturated carbocycles. The summed E-state index contributed by atoms with van der Waals surface area (Å²) in [6, 6.07) is 21.5. The summed E-state index contributed by atoms with van der Waals surface area (Å²) >= 11 is 0. The number of nitrogens with zero attached hydrogens (tertiary/aromatic N) is 2. The van der Waals surface area contributed by atoms with Crippen molar-refractivity contribution in [2.45, 2.75) is 49.3 Å². The molecule has 0 aromatic heterocycles. The number of benzene rings is 2. The van der Waals surface area contributed by atoms with Gasteiger partial charge in [0.15, 0.2) is 0 Å². The summed E-state index contributed by atoms with van der Waals surface area (Å²) in [5.74, 6) is 0. The molecule has 4 heterocycles. The van der Waals surface area contributed by atoms with Crippen LogP contribution >= 0.6 is 0 Å². The molecule has 0 atom stereocenters. The van der Waals surface area contributed by atoms with E-state index in [0.29, 0.717) is 0 Å². The van der Waals surface area contributed by atoms with Crippen molar-refractivity contribution in [1.82, 2.24) is 9.80 Å². The van der Waals surface area contributed by atoms with E-state index in [9.17, 15) is 5.11 Å². The molecule has 6 rings (SSSR count). The molecule has 2 aromatic carbocycles. The maximum atomic E-state index is 11.9. The SMILES string of the molecule is CCC1(CC)N2CC3(c4ccccc4)CN1CC(c1ccccc1)(C2)C3O. The lowest BCUT2D eigenvalue weighted by Crippen LogP contribution is -2.87. The van der Waals surface area contributed by atoms with Crippen LogP contribution in [0, 0.1) is 0 Å². The topological polar surface area (TPSA) is 26.7 Å². The van der Waals surface area contributed by atoms with E-state index in [1.165, 1.54) is 11.1 Å². The van der Waals surface area contributed by atoms with Gasteiger partial charge in [0.2, 0.25) is 0 Å². The number of piperidine rings is 2. The molecule has 3 heteroatoms. The van der Waals surface area contributed by atoms with Crippen molar-refractivity contribution in [2.75, 3.05) is 26.2 Å². The average Bonchev–Trinajstić information content (AvgIpc) is 2.72. The molecule has 2 aromatic rings. The Morgan fingerprint density at radius 1 is 0.741 bits per heavy atom. The van der Waals surface area contributed by atoms with Gasteiger partial charge >= 0.3 is 0 Å². The number of hydrogen-bond donors (Lipinski definition) is 1. The van der Waals surface area contributed by atoms with E-state index in [4.69, 9.17) is 0 Å². The Labute approximate surface area is 162 Å². The largest absolute Gasteiger partial charge is 0.391 e. The Hall–Kier alpha value is -1.68. The first-order valence-corrected chi connectivity index (χ1v) is 10.4. The Morgan fingerprint density at radius 3 is 1.44 bits per heavy atom. The molecule has 0 amide bonds. The van der Waals surface area contributed by atoms with E-state index in [1.54, 1.807) is 0 Å². The fourth-order valence-electron chi connectivity index (χ4n) is 6.60. The molecular weight excluding hydrogens is 332 g/mol. The van der Waals surface area contributed by atoms with Crippen LogP contribution in [-0.2, 0) is 10.8 Å². The Balaban J connectivity index is 1.71. The van der Waals surface area contributed by atoms with Gasteiger partial charge in [0.05, 0.1) is 11.8 Å². The average molecular weight is 363 g/mol. The maximum Gasteiger partial charge on any atom is 0.0782 e. The van der Waals surface area contributed by atoms with Crippen molar-refractivity contribution in [3.63, 3.8) is 0 Å². The molecular formula is C24H30N2O. The minimum atomic E-state index is -0.367. The van der Waals surface area contributed by atoms with Crippen LogP contribution in [0.3, 0.4) is 0 Å². The van der Waals surface area contributed by atoms with Crippen LogP contribution in [0.5, 0.6) is 0 Å². The van der Waals surface area contributed by atoms with E-state index in [2.05, 4.69) is 84.3 Å². The molecule has 4 bridgehead atoms. The van der Waals surface area contributed by atoms with Gasteiger partial charge in [-0.1, -0.05) is 74.5 Å². The van der Waals surface area contributed by atoms with Gasteiger partial charge in [-0.15, -0.1) is 0 Å². The summed E-state index contributed by atoms with van der Waals surface area (Å²) in [6.07, 6.45) is 1.90. The predicted octanol–water partition coefficient (Wildman–Crippen LogP) is 3.38. The highest BCUT2D eigenvalue weighted by Crippen LogP contribution is 2.57. The normalized spacial score (nSPS) is 38.9. The van der Waals surface area contributed by atoms with Crippen molar-refractivity contribution < 1.29 is 5.11 Å². The quantitative estimate of drug-likeness (QED) is 0.903. The van der Waals surface area contributed by atoms with Crippen LogP contribution in [0.4, 0.5) is 0 Å². The van der Waals surface area contributed by atoms with Crippen LogP contribution in [0.2, 0.25) is 0 Å². The Kier molecular flexibility index (Phi) is 3.81. The van der Waals surface area contributed by atoms with E-state index in [0.717, 1.165) is 39.0 Å². The molecule has 1 N–H and O–H groups in total. The third kappa shape index (κ3) is 2.08. The fraction of sp³-hybridized carbons (Fsp3) is 0.500. The van der Waals surface area contributed by atoms with E-state index >= 15 is 0 Å². The second kappa shape index (κ2) is 5.91. The Morgan fingerprint density at radius 2 is 1.11 bits per heavy atom. The second-order valence-corrected chi connectivity index (χ2v) is 8.85. The monoisotopic (exact) mass is 362 g/mol. The van der Waals surface area contributed by atoms with Gasteiger partial charge in [-0.3, -0.25) is 9.80 Å². The summed E-state index contributed by atoms with van der Waals surface area (Å²) in [4.78, 5) is 5.40. The van der Waals surface area contributed by atoms with E-state index < -0.39 is 0 Å². The summed E-state index contributed by atoms with van der Waals surface area (Å²) < 4.78 is 0. The number of aliphatic hydroxyl groups is 1. The number of hydrogen-bond acceptors (Lipinski definition) is 3. The molecule has 4 aliphatic heterocycles. The van der Waals surface area contributed by atoms with Gasteiger partial charge in [0, 0.05) is 37.0 Å². The summed E-state index contributed by atoms with van der Waals surface area (Å²) in [6.45, 7) is 8.45. The molecule has 27 heavy (non-hydrogen) atoms. The zero-order valence-corrected chi connectivity index (χ0v) is 16.4. The molecule has 4 saturated heterocycles. The zero-order chi connectivity index (χ0) is 18.7. The fourth-order valence-corrected chi connectivity index (χ4v) is 6.60. The number of rotatable bonds is 4. The van der Waals surface area contributed by atoms with Crippen LogP contribution in [0.25, 0.3) is 0 Å². The Bertz CT molecular complexity index is 737. The van der Waals surface area contributed by atoms with Crippen LogP contribution in [-0.4, -0.2) is 52.9 Å². The molecule has 0 spiro atoms. The standard InChI is InChI=1S/C24H30N2O/c1-3-24(4-2)25-15-22(19-11-7-5-8-12-19)16-26(24)18-23(17-25,21(22)27)20-13-9-6-10-14-20/h5-14,21,27H,3-4,15-18H2,1-2H3. The lowest BCUT2D eigenvalue weighted by atomic mass is 9.53. The van der Waals surface area contributed by atoms with Gasteiger partial charge in [-0.25, -0.2) is 0 Å². The maximum absolute atomic E-state index is 11.9. The number of aliphatic hydroxyl groups excluding tert-OH is 1. The highest BCUT2D eigenvalue weighted by Gasteiger charge is 2.69. The molecule has 0 radical (unpaired) electrons. The lowest BCUT2D eigenvalue weighted by molar-refractivity contribution is -0.251. The van der Waals surface area contributed by atoms with Crippen LogP contribution < -0.4 is 0 Å². The van der Waals surface area contributed by atoms with E-state index in [1.807, 2.05) is 0 Å². The van der Waals surface area contributed by atoms with Gasteiger partial charge < -0.3 is 5.11 Å². The summed E-state index contributed by atoms with van der Waals surface area (Å²) in [5, 5.41) is 11.9. The first kappa shape index (κ1) is 17.4. The van der Waals surface area contributed by atoms with Crippen molar-refractivity contribution in [2.24, 2.45) is 0 Å².